The lowest BCUT2D eigenvalue weighted by atomic mass is 9.78. The van der Waals surface area contributed by atoms with Crippen molar-refractivity contribution in [2.75, 3.05) is 0 Å². The van der Waals surface area contributed by atoms with Crippen molar-refractivity contribution < 1.29 is 9.90 Å². The van der Waals surface area contributed by atoms with E-state index < -0.39 is 5.97 Å². The number of hydrogen-bond donors (Lipinski definition) is 3. The maximum Gasteiger partial charge on any atom is 0.325 e. The fraction of sp³-hybridized carbons (Fsp3) is 0.632. The van der Waals surface area contributed by atoms with Gasteiger partial charge >= 0.3 is 5.97 Å². The molecule has 3 aromatic rings. The summed E-state index contributed by atoms with van der Waals surface area (Å²) in [4.78, 5) is 13.3. The molecule has 3 N–H and O–H groups in total. The number of carboxylic acids is 1. The van der Waals surface area contributed by atoms with Gasteiger partial charge in [0.25, 0.3) is 0 Å². The first-order chi connectivity index (χ1) is 14.5. The molecule has 12 heteroatoms. The molecule has 0 bridgehead atoms. The van der Waals surface area contributed by atoms with E-state index in [9.17, 15) is 4.79 Å². The molecule has 31 heavy (non-hydrogen) atoms. The molecule has 0 aromatic carbocycles. The van der Waals surface area contributed by atoms with E-state index in [-0.39, 0.29) is 29.5 Å². The van der Waals surface area contributed by atoms with Crippen LogP contribution in [0.3, 0.4) is 0 Å². The third kappa shape index (κ3) is 5.32. The van der Waals surface area contributed by atoms with Gasteiger partial charge in [0.05, 0.1) is 36.4 Å². The highest BCUT2D eigenvalue weighted by Gasteiger charge is 2.43. The van der Waals surface area contributed by atoms with Crippen molar-refractivity contribution in [1.29, 1.82) is 0 Å². The Morgan fingerprint density at radius 2 is 1.55 bits per heavy atom. The topological polar surface area (TPSA) is 154 Å². The van der Waals surface area contributed by atoms with Crippen molar-refractivity contribution in [3.05, 3.63) is 35.7 Å². The van der Waals surface area contributed by atoms with Crippen LogP contribution in [0.5, 0.6) is 0 Å². The molecule has 3 aromatic heterocycles. The molecule has 0 saturated heterocycles. The van der Waals surface area contributed by atoms with Gasteiger partial charge in [0.2, 0.25) is 0 Å². The molecule has 0 amide bonds. The van der Waals surface area contributed by atoms with Gasteiger partial charge in [-0.05, 0) is 10.8 Å². The van der Waals surface area contributed by atoms with Crippen molar-refractivity contribution >= 4 is 5.97 Å². The number of hydrogen-bond acceptors (Lipinski definition) is 8. The van der Waals surface area contributed by atoms with Crippen molar-refractivity contribution in [2.24, 2.45) is 10.8 Å². The third-order valence-corrected chi connectivity index (χ3v) is 4.96. The summed E-state index contributed by atoms with van der Waals surface area (Å²) in [6, 6.07) is -0.311. The molecule has 0 spiro atoms. The third-order valence-electron chi connectivity index (χ3n) is 4.96. The fourth-order valence-corrected chi connectivity index (χ4v) is 4.05. The molecular formula is C19H30N10O2. The molecule has 0 radical (unpaired) electrons. The van der Waals surface area contributed by atoms with Gasteiger partial charge in [0.1, 0.15) is 17.9 Å². The molecule has 0 aliphatic carbocycles. The lowest BCUT2D eigenvalue weighted by Gasteiger charge is -2.46. The summed E-state index contributed by atoms with van der Waals surface area (Å²) in [7, 11) is 0. The van der Waals surface area contributed by atoms with E-state index in [0.29, 0.717) is 12.2 Å². The number of carboxylic acid groups (broad SMARTS) is 1. The zero-order chi connectivity index (χ0) is 22.8. The summed E-state index contributed by atoms with van der Waals surface area (Å²) in [6.07, 6.45) is 5.12. The number of aromatic amines is 2. The molecule has 2 unspecified atom stereocenters. The predicted octanol–water partition coefficient (Wildman–Crippen LogP) is 1.98. The molecule has 168 valence electrons. The average Bonchev–Trinajstić information content (AvgIpc) is 3.35. The van der Waals surface area contributed by atoms with Crippen molar-refractivity contribution in [3.63, 3.8) is 0 Å². The van der Waals surface area contributed by atoms with Crippen LogP contribution in [-0.2, 0) is 17.9 Å². The minimum atomic E-state index is -0.973. The van der Waals surface area contributed by atoms with E-state index in [1.807, 2.05) is 0 Å². The van der Waals surface area contributed by atoms with Crippen LogP contribution < -0.4 is 0 Å². The zero-order valence-corrected chi connectivity index (χ0v) is 18.7. The number of rotatable bonds is 8. The van der Waals surface area contributed by atoms with E-state index in [1.165, 1.54) is 4.68 Å². The van der Waals surface area contributed by atoms with Gasteiger partial charge in [0.15, 0.2) is 0 Å². The first kappa shape index (κ1) is 22.5. The zero-order valence-electron chi connectivity index (χ0n) is 18.7. The molecule has 2 atom stereocenters. The fourth-order valence-electron chi connectivity index (χ4n) is 4.05. The summed E-state index contributed by atoms with van der Waals surface area (Å²) in [5.74, 6) is -0.973. The van der Waals surface area contributed by atoms with E-state index in [0.717, 1.165) is 11.4 Å². The van der Waals surface area contributed by atoms with Crippen LogP contribution >= 0.6 is 0 Å². The van der Waals surface area contributed by atoms with Gasteiger partial charge in [-0.3, -0.25) is 9.69 Å². The van der Waals surface area contributed by atoms with Crippen LogP contribution in [0.4, 0.5) is 0 Å². The largest absolute Gasteiger partial charge is 0.480 e. The smallest absolute Gasteiger partial charge is 0.325 e. The molecule has 0 saturated carbocycles. The van der Waals surface area contributed by atoms with Crippen LogP contribution in [0.25, 0.3) is 0 Å². The number of aromatic nitrogens is 9. The Morgan fingerprint density at radius 3 is 1.94 bits per heavy atom. The highest BCUT2D eigenvalue weighted by atomic mass is 16.4. The maximum atomic E-state index is 11.1. The Balaban J connectivity index is 2.10. The first-order valence-corrected chi connectivity index (χ1v) is 10.0. The summed E-state index contributed by atoms with van der Waals surface area (Å²) < 4.78 is 1.32. The van der Waals surface area contributed by atoms with Crippen LogP contribution in [-0.4, -0.2) is 61.8 Å². The van der Waals surface area contributed by atoms with E-state index in [2.05, 4.69) is 87.6 Å². The lowest BCUT2D eigenvalue weighted by Crippen LogP contribution is -2.44. The highest BCUT2D eigenvalue weighted by Crippen LogP contribution is 2.47. The van der Waals surface area contributed by atoms with Crippen LogP contribution in [0.2, 0.25) is 0 Å². The monoisotopic (exact) mass is 430 g/mol. The Bertz CT molecular complexity index is 914. The van der Waals surface area contributed by atoms with Crippen molar-refractivity contribution in [2.45, 2.75) is 66.7 Å². The van der Waals surface area contributed by atoms with Gasteiger partial charge in [-0.2, -0.15) is 30.8 Å². The molecule has 0 aliphatic heterocycles. The van der Waals surface area contributed by atoms with E-state index in [4.69, 9.17) is 5.11 Å². The number of H-pyrrole nitrogens is 2. The number of nitrogens with zero attached hydrogens (tertiary/aromatic N) is 8. The quantitative estimate of drug-likeness (QED) is 0.486. The Hall–Kier alpha value is -3.15. The summed E-state index contributed by atoms with van der Waals surface area (Å²) >= 11 is 0. The van der Waals surface area contributed by atoms with Crippen LogP contribution in [0.15, 0.2) is 18.6 Å². The molecule has 3 rings (SSSR count). The lowest BCUT2D eigenvalue weighted by molar-refractivity contribution is -0.137. The normalized spacial score (nSPS) is 14.7. The maximum absolute atomic E-state index is 11.1. The van der Waals surface area contributed by atoms with Gasteiger partial charge in [0, 0.05) is 6.54 Å². The van der Waals surface area contributed by atoms with Gasteiger partial charge in [-0.1, -0.05) is 46.8 Å². The summed E-state index contributed by atoms with van der Waals surface area (Å²) in [6.45, 7) is 13.0. The van der Waals surface area contributed by atoms with Crippen LogP contribution in [0, 0.1) is 10.8 Å². The second-order valence-corrected chi connectivity index (χ2v) is 9.80. The van der Waals surface area contributed by atoms with Crippen molar-refractivity contribution in [3.8, 4) is 0 Å². The Kier molecular flexibility index (Phi) is 6.20. The molecule has 3 heterocycles. The summed E-state index contributed by atoms with van der Waals surface area (Å²) in [5, 5.41) is 39.5. The molecule has 0 fully saturated rings. The van der Waals surface area contributed by atoms with Gasteiger partial charge in [-0.15, -0.1) is 5.10 Å². The SMILES string of the molecule is CC(C)(C)C(c1cn[nH]n1)N(Cc1cn(CC(=O)O)nn1)C(c1cn[nH]n1)C(C)(C)C. The highest BCUT2D eigenvalue weighted by molar-refractivity contribution is 5.66. The predicted molar refractivity (Wildman–Crippen MR) is 110 cm³/mol. The van der Waals surface area contributed by atoms with E-state index in [1.54, 1.807) is 18.6 Å². The molecule has 12 nitrogen and oxygen atoms in total. The minimum absolute atomic E-state index is 0.156. The van der Waals surface area contributed by atoms with Crippen molar-refractivity contribution in [1.82, 2.24) is 50.7 Å². The Morgan fingerprint density at radius 1 is 1.03 bits per heavy atom. The minimum Gasteiger partial charge on any atom is -0.480 e. The standard InChI is InChI=1S/C19H30N10O2/c1-18(2,3)16(13-7-20-25-23-13)29(10-12-9-28(27-22-12)11-15(30)31)17(19(4,5)6)14-8-21-26-24-14/h7-9,16-17H,10-11H2,1-6H3,(H,30,31)(H,20,23,25)(H,21,24,26). The first-order valence-electron chi connectivity index (χ1n) is 10.0. The average molecular weight is 431 g/mol. The van der Waals surface area contributed by atoms with E-state index >= 15 is 0 Å². The molecular weight excluding hydrogens is 400 g/mol. The number of carbonyl (C=O) groups is 1. The second-order valence-electron chi connectivity index (χ2n) is 9.80. The number of nitrogens with one attached hydrogen (secondary N) is 2. The van der Waals surface area contributed by atoms with Gasteiger partial charge in [-0.25, -0.2) is 4.68 Å². The second kappa shape index (κ2) is 8.53. The van der Waals surface area contributed by atoms with Gasteiger partial charge < -0.3 is 5.11 Å². The molecule has 0 aliphatic rings. The number of aliphatic carboxylic acids is 1. The van der Waals surface area contributed by atoms with Crippen LogP contribution in [0.1, 0.15) is 70.7 Å². The summed E-state index contributed by atoms with van der Waals surface area (Å²) in [5.41, 5.74) is 1.80. The Labute approximate surface area is 180 Å².